The van der Waals surface area contributed by atoms with E-state index in [1.165, 1.54) is 11.2 Å². The van der Waals surface area contributed by atoms with Gasteiger partial charge in [0.1, 0.15) is 17.2 Å². The van der Waals surface area contributed by atoms with Crippen molar-refractivity contribution in [1.82, 2.24) is 4.90 Å². The topological polar surface area (TPSA) is 75.0 Å². The zero-order valence-electron chi connectivity index (χ0n) is 19.9. The average Bonchev–Trinajstić information content (AvgIpc) is 3.41. The number of imide groups is 1. The number of nitrogens with one attached hydrogen (secondary N) is 1. The molecule has 2 heterocycles. The first-order valence-corrected chi connectivity index (χ1v) is 11.2. The van der Waals surface area contributed by atoms with Gasteiger partial charge in [0.05, 0.1) is 25.0 Å². The van der Waals surface area contributed by atoms with Crippen molar-refractivity contribution in [3.8, 4) is 5.75 Å². The quantitative estimate of drug-likeness (QED) is 0.465. The molecule has 7 heteroatoms. The number of anilines is 2. The van der Waals surface area contributed by atoms with E-state index in [4.69, 9.17) is 9.15 Å². The minimum absolute atomic E-state index is 0.0640. The molecular weight excluding hydrogens is 430 g/mol. The number of amides is 2. The third-order valence-electron chi connectivity index (χ3n) is 5.44. The van der Waals surface area contributed by atoms with Crippen LogP contribution in [0.3, 0.4) is 0 Å². The van der Waals surface area contributed by atoms with Crippen molar-refractivity contribution in [2.75, 3.05) is 30.9 Å². The maximum atomic E-state index is 13.4. The van der Waals surface area contributed by atoms with E-state index >= 15 is 0 Å². The molecule has 1 aromatic heterocycles. The number of furan rings is 1. The molecule has 0 saturated carbocycles. The van der Waals surface area contributed by atoms with Crippen molar-refractivity contribution < 1.29 is 18.7 Å². The van der Waals surface area contributed by atoms with Crippen LogP contribution in [0, 0.1) is 5.92 Å². The monoisotopic (exact) mass is 459 g/mol. The first-order valence-electron chi connectivity index (χ1n) is 11.2. The third-order valence-corrected chi connectivity index (χ3v) is 5.44. The molecule has 0 radical (unpaired) electrons. The summed E-state index contributed by atoms with van der Waals surface area (Å²) in [4.78, 5) is 30.0. The maximum absolute atomic E-state index is 13.4. The molecule has 1 aliphatic heterocycles. The summed E-state index contributed by atoms with van der Waals surface area (Å²) in [5, 5.41) is 3.19. The molecule has 1 N–H and O–H groups in total. The first kappa shape index (κ1) is 23.2. The Morgan fingerprint density at radius 3 is 2.26 bits per heavy atom. The number of hydrogen-bond acceptors (Lipinski definition) is 6. The zero-order chi connectivity index (χ0) is 24.2. The summed E-state index contributed by atoms with van der Waals surface area (Å²) in [5.41, 5.74) is 2.96. The molecule has 0 bridgehead atoms. The second kappa shape index (κ2) is 9.87. The Balaban J connectivity index is 1.66. The number of ether oxygens (including phenoxy) is 1. The summed E-state index contributed by atoms with van der Waals surface area (Å²) in [5.74, 6) is 0.894. The third kappa shape index (κ3) is 4.98. The first-order chi connectivity index (χ1) is 16.3. The summed E-state index contributed by atoms with van der Waals surface area (Å²) in [6, 6.07) is 18.4. The highest BCUT2D eigenvalue weighted by atomic mass is 16.5. The summed E-state index contributed by atoms with van der Waals surface area (Å²) in [6.07, 6.45) is 1.52. The van der Waals surface area contributed by atoms with Gasteiger partial charge in [-0.2, -0.15) is 0 Å². The Hall–Kier alpha value is -4.00. The maximum Gasteiger partial charge on any atom is 0.278 e. The van der Waals surface area contributed by atoms with E-state index in [2.05, 4.69) is 19.2 Å². The van der Waals surface area contributed by atoms with Crippen molar-refractivity contribution in [1.29, 1.82) is 0 Å². The van der Waals surface area contributed by atoms with Crippen LogP contribution >= 0.6 is 0 Å². The molecule has 176 valence electrons. The van der Waals surface area contributed by atoms with E-state index in [1.54, 1.807) is 12.1 Å². The molecule has 0 atom stereocenters. The van der Waals surface area contributed by atoms with Gasteiger partial charge in [-0.1, -0.05) is 26.0 Å². The Morgan fingerprint density at radius 1 is 0.971 bits per heavy atom. The molecule has 0 spiro atoms. The predicted octanol–water partition coefficient (Wildman–Crippen LogP) is 4.77. The van der Waals surface area contributed by atoms with Crippen LogP contribution in [-0.4, -0.2) is 37.4 Å². The van der Waals surface area contributed by atoms with Gasteiger partial charge in [0.25, 0.3) is 11.8 Å². The summed E-state index contributed by atoms with van der Waals surface area (Å²) >= 11 is 0. The predicted molar refractivity (Wildman–Crippen MR) is 132 cm³/mol. The van der Waals surface area contributed by atoms with Crippen LogP contribution in [0.1, 0.15) is 25.2 Å². The van der Waals surface area contributed by atoms with Gasteiger partial charge in [-0.3, -0.25) is 14.5 Å². The lowest BCUT2D eigenvalue weighted by molar-refractivity contribution is -0.137. The van der Waals surface area contributed by atoms with Gasteiger partial charge < -0.3 is 19.4 Å². The normalized spacial score (nSPS) is 13.7. The van der Waals surface area contributed by atoms with Crippen LogP contribution in [0.15, 0.2) is 77.0 Å². The Kier molecular flexibility index (Phi) is 6.72. The Bertz CT molecular complexity index is 1180. The van der Waals surface area contributed by atoms with Crippen molar-refractivity contribution >= 4 is 28.8 Å². The van der Waals surface area contributed by atoms with Gasteiger partial charge in [-0.25, -0.2) is 0 Å². The number of carbonyl (C=O) groups is 2. The molecule has 0 unspecified atom stereocenters. The largest absolute Gasteiger partial charge is 0.493 e. The lowest BCUT2D eigenvalue weighted by atomic mass is 10.0. The van der Waals surface area contributed by atoms with Crippen molar-refractivity contribution in [3.05, 3.63) is 83.9 Å². The van der Waals surface area contributed by atoms with Crippen LogP contribution in [-0.2, 0) is 16.1 Å². The molecule has 2 amide bonds. The zero-order valence-corrected chi connectivity index (χ0v) is 19.9. The molecule has 0 aliphatic carbocycles. The molecule has 3 aromatic rings. The van der Waals surface area contributed by atoms with Crippen LogP contribution < -0.4 is 15.0 Å². The van der Waals surface area contributed by atoms with E-state index < -0.39 is 5.91 Å². The molecule has 4 rings (SSSR count). The lowest BCUT2D eigenvalue weighted by Crippen LogP contribution is -2.31. The summed E-state index contributed by atoms with van der Waals surface area (Å²) in [6.45, 7) is 4.83. The van der Waals surface area contributed by atoms with E-state index in [9.17, 15) is 9.59 Å². The number of carbonyl (C=O) groups excluding carboxylic acids is 2. The lowest BCUT2D eigenvalue weighted by Gasteiger charge is -2.15. The number of hydrogen-bond donors (Lipinski definition) is 1. The van der Waals surface area contributed by atoms with Crippen LogP contribution in [0.2, 0.25) is 0 Å². The Labute approximate surface area is 199 Å². The second-order valence-corrected chi connectivity index (χ2v) is 8.82. The molecule has 1 aliphatic rings. The van der Waals surface area contributed by atoms with Crippen LogP contribution in [0.4, 0.5) is 11.4 Å². The van der Waals surface area contributed by atoms with E-state index in [-0.39, 0.29) is 18.1 Å². The highest BCUT2D eigenvalue weighted by Crippen LogP contribution is 2.32. The number of benzene rings is 2. The van der Waals surface area contributed by atoms with Crippen molar-refractivity contribution in [2.45, 2.75) is 20.4 Å². The van der Waals surface area contributed by atoms with Crippen molar-refractivity contribution in [3.63, 3.8) is 0 Å². The van der Waals surface area contributed by atoms with E-state index in [0.717, 1.165) is 17.1 Å². The second-order valence-electron chi connectivity index (χ2n) is 8.82. The van der Waals surface area contributed by atoms with E-state index in [1.807, 2.05) is 67.5 Å². The minimum Gasteiger partial charge on any atom is -0.493 e. The van der Waals surface area contributed by atoms with Gasteiger partial charge >= 0.3 is 0 Å². The molecule has 2 aromatic carbocycles. The summed E-state index contributed by atoms with van der Waals surface area (Å²) in [7, 11) is 3.92. The van der Waals surface area contributed by atoms with Crippen molar-refractivity contribution in [2.24, 2.45) is 5.92 Å². The van der Waals surface area contributed by atoms with Crippen LogP contribution in [0.5, 0.6) is 5.75 Å². The average molecular weight is 460 g/mol. The standard InChI is InChI=1S/C27H29N3O4/c1-18(2)17-34-22-13-7-19(8-14-22)24-25(28-20-9-11-21(12-10-20)29(3)4)27(32)30(26(24)31)16-23-6-5-15-33-23/h5-15,18,28H,16-17H2,1-4H3. The fraction of sp³-hybridized carbons (Fsp3) is 0.259. The van der Waals surface area contributed by atoms with E-state index in [0.29, 0.717) is 29.4 Å². The molecule has 34 heavy (non-hydrogen) atoms. The summed E-state index contributed by atoms with van der Waals surface area (Å²) < 4.78 is 11.1. The SMILES string of the molecule is CC(C)COc1ccc(C2=C(Nc3ccc(N(C)C)cc3)C(=O)N(Cc3ccco3)C2=O)cc1. The fourth-order valence-corrected chi connectivity index (χ4v) is 3.63. The minimum atomic E-state index is -0.395. The van der Waals surface area contributed by atoms with Gasteiger partial charge in [0, 0.05) is 25.5 Å². The molecule has 0 fully saturated rings. The number of rotatable bonds is 9. The van der Waals surface area contributed by atoms with Crippen LogP contribution in [0.25, 0.3) is 5.57 Å². The highest BCUT2D eigenvalue weighted by Gasteiger charge is 2.39. The molecule has 7 nitrogen and oxygen atoms in total. The smallest absolute Gasteiger partial charge is 0.278 e. The van der Waals surface area contributed by atoms with Gasteiger partial charge in [0.2, 0.25) is 0 Å². The van der Waals surface area contributed by atoms with Gasteiger partial charge in [-0.15, -0.1) is 0 Å². The molecular formula is C27H29N3O4. The highest BCUT2D eigenvalue weighted by molar-refractivity contribution is 6.36. The molecule has 0 saturated heterocycles. The Morgan fingerprint density at radius 2 is 1.68 bits per heavy atom. The fourth-order valence-electron chi connectivity index (χ4n) is 3.63. The van der Waals surface area contributed by atoms with Gasteiger partial charge in [0.15, 0.2) is 0 Å². The number of nitrogens with zero attached hydrogens (tertiary/aromatic N) is 2. The van der Waals surface area contributed by atoms with Gasteiger partial charge in [-0.05, 0) is 60.0 Å².